The number of carbonyl (C=O) groups is 4. The smallest absolute Gasteiger partial charge is 0.462 e. The van der Waals surface area contributed by atoms with Crippen LogP contribution in [0.25, 0.3) is 0 Å². The number of unbranched alkanes of at least 4 members (excludes halogenated alkanes) is 38. The molecule has 0 spiro atoms. The van der Waals surface area contributed by atoms with E-state index in [9.17, 15) is 43.2 Å². The number of ether oxygens (including phenoxy) is 4. The van der Waals surface area contributed by atoms with Crippen LogP contribution in [0.2, 0.25) is 0 Å². The normalized spacial score (nSPS) is 14.3. The van der Waals surface area contributed by atoms with Gasteiger partial charge in [-0.2, -0.15) is 0 Å². The zero-order valence-electron chi connectivity index (χ0n) is 58.5. The summed E-state index contributed by atoms with van der Waals surface area (Å²) >= 11 is 0. The van der Waals surface area contributed by atoms with Gasteiger partial charge in [-0.05, 0) is 77.0 Å². The Balaban J connectivity index is 5.32. The second-order valence-corrected chi connectivity index (χ2v) is 27.9. The molecular weight excluding hydrogens is 1210 g/mol. The molecule has 538 valence electrons. The number of phosphoric ester groups is 2. The number of rotatable bonds is 70. The molecule has 92 heavy (non-hydrogen) atoms. The highest BCUT2D eigenvalue weighted by Gasteiger charge is 2.30. The lowest BCUT2D eigenvalue weighted by molar-refractivity contribution is -0.161. The van der Waals surface area contributed by atoms with Crippen molar-refractivity contribution < 1.29 is 80.2 Å². The Morgan fingerprint density at radius 2 is 0.522 bits per heavy atom. The summed E-state index contributed by atoms with van der Waals surface area (Å²) in [6.07, 6.45) is 61.1. The monoisotopic (exact) mass is 1340 g/mol. The molecule has 0 bridgehead atoms. The summed E-state index contributed by atoms with van der Waals surface area (Å²) in [6.45, 7) is 4.82. The number of allylic oxidation sites excluding steroid dienone is 8. The van der Waals surface area contributed by atoms with Crippen LogP contribution >= 0.6 is 15.6 Å². The molecule has 0 saturated carbocycles. The molecule has 0 aliphatic carbocycles. The SMILES string of the molecule is CCCCCC/C=C\C=C/CCCCCCCC(=O)OC[C@H](COP(=O)(O)OC[C@@H](O)COP(=O)(O)OC[C@@H](COC(=O)CCCCCCCCCCCC)OC(=O)CCCCCCCCCCCCCC)OC(=O)CCCCCCC/C=C\C=C/CCCCCC. The molecule has 0 heterocycles. The largest absolute Gasteiger partial charge is 0.472 e. The van der Waals surface area contributed by atoms with Crippen molar-refractivity contribution in [2.24, 2.45) is 0 Å². The molecule has 0 saturated heterocycles. The molecule has 17 nitrogen and oxygen atoms in total. The second kappa shape index (κ2) is 66.6. The fraction of sp³-hybridized carbons (Fsp3) is 0.836. The van der Waals surface area contributed by atoms with Gasteiger partial charge in [0, 0.05) is 25.7 Å². The van der Waals surface area contributed by atoms with Crippen LogP contribution in [0.1, 0.15) is 336 Å². The lowest BCUT2D eigenvalue weighted by Crippen LogP contribution is -2.30. The third kappa shape index (κ3) is 65.7. The Bertz CT molecular complexity index is 1940. The topological polar surface area (TPSA) is 237 Å². The molecule has 0 fully saturated rings. The summed E-state index contributed by atoms with van der Waals surface area (Å²) in [5, 5.41) is 10.6. The summed E-state index contributed by atoms with van der Waals surface area (Å²) in [5.74, 6) is -2.18. The first-order valence-corrected chi connectivity index (χ1v) is 39.9. The van der Waals surface area contributed by atoms with E-state index in [2.05, 4.69) is 76.3 Å². The zero-order chi connectivity index (χ0) is 67.5. The quantitative estimate of drug-likeness (QED) is 0.0169. The maximum Gasteiger partial charge on any atom is 0.472 e. The minimum Gasteiger partial charge on any atom is -0.462 e. The van der Waals surface area contributed by atoms with Crippen molar-refractivity contribution in [1.29, 1.82) is 0 Å². The molecule has 0 aliphatic heterocycles. The van der Waals surface area contributed by atoms with Crippen molar-refractivity contribution in [3.63, 3.8) is 0 Å². The average Bonchev–Trinajstić information content (AvgIpc) is 2.48. The third-order valence-corrected chi connectivity index (χ3v) is 17.8. The van der Waals surface area contributed by atoms with E-state index in [1.54, 1.807) is 0 Å². The van der Waals surface area contributed by atoms with E-state index in [4.69, 9.17) is 37.0 Å². The molecule has 3 N–H and O–H groups in total. The summed E-state index contributed by atoms with van der Waals surface area (Å²) in [4.78, 5) is 72.6. The van der Waals surface area contributed by atoms with Crippen molar-refractivity contribution in [2.45, 2.75) is 354 Å². The van der Waals surface area contributed by atoms with Crippen LogP contribution in [0, 0.1) is 0 Å². The number of hydrogen-bond acceptors (Lipinski definition) is 15. The molecule has 19 heteroatoms. The first kappa shape index (κ1) is 89.0. The third-order valence-electron chi connectivity index (χ3n) is 15.9. The Morgan fingerprint density at radius 1 is 0.304 bits per heavy atom. The van der Waals surface area contributed by atoms with Gasteiger partial charge in [0.25, 0.3) is 0 Å². The van der Waals surface area contributed by atoms with E-state index >= 15 is 0 Å². The fourth-order valence-electron chi connectivity index (χ4n) is 10.1. The average molecular weight is 1350 g/mol. The molecule has 0 aromatic carbocycles. The van der Waals surface area contributed by atoms with Crippen LogP contribution in [0.15, 0.2) is 48.6 Å². The molecule has 0 aromatic rings. The molecule has 0 rings (SSSR count). The molecule has 0 radical (unpaired) electrons. The summed E-state index contributed by atoms with van der Waals surface area (Å²) < 4.78 is 68.3. The van der Waals surface area contributed by atoms with Gasteiger partial charge in [0.15, 0.2) is 12.2 Å². The van der Waals surface area contributed by atoms with Crippen molar-refractivity contribution in [3.8, 4) is 0 Å². The summed E-state index contributed by atoms with van der Waals surface area (Å²) in [6, 6.07) is 0. The predicted molar refractivity (Wildman–Crippen MR) is 372 cm³/mol. The molecule has 0 aliphatic rings. The lowest BCUT2D eigenvalue weighted by Gasteiger charge is -2.21. The van der Waals surface area contributed by atoms with E-state index in [-0.39, 0.29) is 25.7 Å². The van der Waals surface area contributed by atoms with Gasteiger partial charge in [-0.1, -0.05) is 282 Å². The van der Waals surface area contributed by atoms with E-state index in [1.807, 2.05) is 0 Å². The summed E-state index contributed by atoms with van der Waals surface area (Å²) in [7, 11) is -9.93. The van der Waals surface area contributed by atoms with E-state index in [1.165, 1.54) is 135 Å². The van der Waals surface area contributed by atoms with Crippen molar-refractivity contribution >= 4 is 39.5 Å². The Morgan fingerprint density at radius 3 is 0.793 bits per heavy atom. The van der Waals surface area contributed by atoms with E-state index < -0.39 is 97.5 Å². The van der Waals surface area contributed by atoms with Gasteiger partial charge in [0.2, 0.25) is 0 Å². The predicted octanol–water partition coefficient (Wildman–Crippen LogP) is 20.6. The molecule has 5 atom stereocenters. The zero-order valence-corrected chi connectivity index (χ0v) is 60.3. The number of esters is 4. The Hall–Kier alpha value is -2.98. The van der Waals surface area contributed by atoms with Crippen molar-refractivity contribution in [3.05, 3.63) is 48.6 Å². The highest BCUT2D eigenvalue weighted by molar-refractivity contribution is 7.47. The van der Waals surface area contributed by atoms with E-state index in [0.29, 0.717) is 25.7 Å². The lowest BCUT2D eigenvalue weighted by atomic mass is 10.0. The first-order valence-electron chi connectivity index (χ1n) is 36.9. The van der Waals surface area contributed by atoms with Crippen LogP contribution < -0.4 is 0 Å². The maximum absolute atomic E-state index is 13.0. The standard InChI is InChI=1S/C73H134O17P2/c1-5-9-13-17-21-25-29-32-34-36-39-42-46-50-54-58-71(76)84-64-69(90-73(78)60-56-52-48-44-40-37-35-33-30-26-22-18-14-10-6-2)66-88-92(81,82)86-62-67(74)61-85-91(79,80)87-65-68(63-83-70(75)57-53-49-45-41-28-24-20-16-12-8-4)89-72(77)59-55-51-47-43-38-31-27-23-19-15-11-7-3/h25-26,29-30,32-35,67-69,74H,5-24,27-28,31,36-66H2,1-4H3,(H,79,80)(H,81,82)/b29-25-,30-26-,34-32-,35-33-/t67-,68+,69+/m0/s1. The Labute approximate surface area is 559 Å². The van der Waals surface area contributed by atoms with Gasteiger partial charge in [-0.15, -0.1) is 0 Å². The first-order chi connectivity index (χ1) is 44.7. The highest BCUT2D eigenvalue weighted by Crippen LogP contribution is 2.45. The van der Waals surface area contributed by atoms with Crippen LogP contribution in [0.3, 0.4) is 0 Å². The van der Waals surface area contributed by atoms with Crippen molar-refractivity contribution in [1.82, 2.24) is 0 Å². The van der Waals surface area contributed by atoms with Gasteiger partial charge >= 0.3 is 39.5 Å². The Kier molecular flexibility index (Phi) is 64.5. The number of aliphatic hydroxyl groups is 1. The van der Waals surface area contributed by atoms with Gasteiger partial charge in [0.05, 0.1) is 26.4 Å². The fourth-order valence-corrected chi connectivity index (χ4v) is 11.7. The van der Waals surface area contributed by atoms with Crippen LogP contribution in [-0.2, 0) is 65.4 Å². The summed E-state index contributed by atoms with van der Waals surface area (Å²) in [5.41, 5.74) is 0. The van der Waals surface area contributed by atoms with Crippen LogP contribution in [-0.4, -0.2) is 96.7 Å². The molecule has 2 unspecified atom stereocenters. The van der Waals surface area contributed by atoms with Gasteiger partial charge in [-0.3, -0.25) is 37.3 Å². The van der Waals surface area contributed by atoms with Crippen LogP contribution in [0.5, 0.6) is 0 Å². The second-order valence-electron chi connectivity index (χ2n) is 25.0. The number of hydrogen-bond donors (Lipinski definition) is 3. The van der Waals surface area contributed by atoms with E-state index in [0.717, 1.165) is 122 Å². The molecule has 0 amide bonds. The number of phosphoric acid groups is 2. The molecule has 0 aromatic heterocycles. The maximum atomic E-state index is 13.0. The van der Waals surface area contributed by atoms with Crippen LogP contribution in [0.4, 0.5) is 0 Å². The highest BCUT2D eigenvalue weighted by atomic mass is 31.2. The number of carbonyl (C=O) groups excluding carboxylic acids is 4. The van der Waals surface area contributed by atoms with Crippen molar-refractivity contribution in [2.75, 3.05) is 39.6 Å². The van der Waals surface area contributed by atoms with Gasteiger partial charge in [0.1, 0.15) is 19.3 Å². The minimum absolute atomic E-state index is 0.0785. The minimum atomic E-state index is -4.97. The van der Waals surface area contributed by atoms with Gasteiger partial charge in [-0.25, -0.2) is 9.13 Å². The number of aliphatic hydroxyl groups excluding tert-OH is 1. The molecular formula is C73H134O17P2. The van der Waals surface area contributed by atoms with Gasteiger partial charge < -0.3 is 33.8 Å².